The topological polar surface area (TPSA) is 82.5 Å². The molecule has 1 aromatic heterocycles. The van der Waals surface area contributed by atoms with Gasteiger partial charge in [-0.3, -0.25) is 9.78 Å². The van der Waals surface area contributed by atoms with Crippen LogP contribution in [0.2, 0.25) is 0 Å². The Balaban J connectivity index is 1.74. The smallest absolute Gasteiger partial charge is 0.321 e. The van der Waals surface area contributed by atoms with E-state index in [9.17, 15) is 9.59 Å². The summed E-state index contributed by atoms with van der Waals surface area (Å²) in [5.74, 6) is -1.31. The van der Waals surface area contributed by atoms with Gasteiger partial charge in [-0.2, -0.15) is 0 Å². The predicted molar refractivity (Wildman–Crippen MR) is 73.5 cm³/mol. The number of fused-ring (bicyclic) bond motifs is 1. The van der Waals surface area contributed by atoms with Crippen LogP contribution < -0.4 is 5.32 Å². The Morgan fingerprint density at radius 2 is 2.05 bits per heavy atom. The van der Waals surface area contributed by atoms with Crippen LogP contribution in [0.5, 0.6) is 0 Å². The lowest BCUT2D eigenvalue weighted by Gasteiger charge is -2.36. The number of hydrogen-bond donors (Lipinski definition) is 2. The summed E-state index contributed by atoms with van der Waals surface area (Å²) < 4.78 is 0. The Kier molecular flexibility index (Phi) is 2.98. The van der Waals surface area contributed by atoms with Crippen LogP contribution in [0.3, 0.4) is 0 Å². The number of carbonyl (C=O) groups excluding carboxylic acids is 1. The molecule has 1 aliphatic heterocycles. The minimum absolute atomic E-state index is 0.254. The minimum Gasteiger partial charge on any atom is -0.481 e. The molecule has 20 heavy (non-hydrogen) atoms. The van der Waals surface area contributed by atoms with E-state index in [1.54, 1.807) is 12.3 Å². The van der Waals surface area contributed by atoms with Gasteiger partial charge in [0.2, 0.25) is 0 Å². The Morgan fingerprint density at radius 1 is 1.25 bits per heavy atom. The minimum atomic E-state index is -0.858. The van der Waals surface area contributed by atoms with E-state index in [1.165, 1.54) is 4.90 Å². The van der Waals surface area contributed by atoms with Crippen LogP contribution in [0.1, 0.15) is 0 Å². The van der Waals surface area contributed by atoms with Crippen molar-refractivity contribution in [3.05, 3.63) is 36.5 Å². The molecule has 0 spiro atoms. The summed E-state index contributed by atoms with van der Waals surface area (Å²) >= 11 is 0. The highest BCUT2D eigenvalue weighted by Gasteiger charge is 2.35. The molecule has 3 rings (SSSR count). The number of pyridine rings is 1. The van der Waals surface area contributed by atoms with Gasteiger partial charge < -0.3 is 15.3 Å². The van der Waals surface area contributed by atoms with E-state index < -0.39 is 11.9 Å². The number of urea groups is 1. The van der Waals surface area contributed by atoms with Gasteiger partial charge in [0, 0.05) is 24.7 Å². The van der Waals surface area contributed by atoms with Crippen LogP contribution in [-0.2, 0) is 4.79 Å². The summed E-state index contributed by atoms with van der Waals surface area (Å²) in [4.78, 5) is 28.4. The largest absolute Gasteiger partial charge is 0.481 e. The molecule has 0 bridgehead atoms. The second kappa shape index (κ2) is 4.80. The van der Waals surface area contributed by atoms with Gasteiger partial charge in [0.15, 0.2) is 0 Å². The number of rotatable bonds is 2. The lowest BCUT2D eigenvalue weighted by Crippen LogP contribution is -2.54. The molecule has 1 saturated heterocycles. The molecule has 0 radical (unpaired) electrons. The molecule has 0 saturated carbocycles. The number of likely N-dealkylation sites (tertiary alicyclic amines) is 1. The molecular weight excluding hydrogens is 258 g/mol. The second-order valence-electron chi connectivity index (χ2n) is 4.75. The quantitative estimate of drug-likeness (QED) is 0.872. The second-order valence-corrected chi connectivity index (χ2v) is 4.75. The highest BCUT2D eigenvalue weighted by atomic mass is 16.4. The molecule has 102 valence electrons. The summed E-state index contributed by atoms with van der Waals surface area (Å²) in [5, 5.41) is 12.5. The van der Waals surface area contributed by atoms with E-state index in [0.29, 0.717) is 5.69 Å². The number of carboxylic acid groups (broad SMARTS) is 1. The summed E-state index contributed by atoms with van der Waals surface area (Å²) in [6.45, 7) is 0.508. The number of aromatic nitrogens is 1. The van der Waals surface area contributed by atoms with Gasteiger partial charge in [0.1, 0.15) is 0 Å². The molecule has 1 aliphatic rings. The standard InChI is InChI=1S/C14H13N3O3/c18-13(19)9-7-17(8-9)14(20)16-12-5-1-4-11-10(12)3-2-6-15-11/h1-6,9H,7-8H2,(H,16,20)(H,18,19). The van der Waals surface area contributed by atoms with Gasteiger partial charge >= 0.3 is 12.0 Å². The first-order valence-electron chi connectivity index (χ1n) is 6.27. The van der Waals surface area contributed by atoms with Crippen LogP contribution in [0.25, 0.3) is 10.9 Å². The first kappa shape index (κ1) is 12.4. The Bertz CT molecular complexity index is 675. The Hall–Kier alpha value is -2.63. The lowest BCUT2D eigenvalue weighted by atomic mass is 10.0. The highest BCUT2D eigenvalue weighted by Crippen LogP contribution is 2.23. The fourth-order valence-electron chi connectivity index (χ4n) is 2.21. The van der Waals surface area contributed by atoms with Crippen LogP contribution in [-0.4, -0.2) is 40.1 Å². The molecule has 1 aromatic carbocycles. The third-order valence-electron chi connectivity index (χ3n) is 3.41. The van der Waals surface area contributed by atoms with Crippen molar-refractivity contribution in [3.8, 4) is 0 Å². The van der Waals surface area contributed by atoms with Gasteiger partial charge in [0.25, 0.3) is 0 Å². The number of carbonyl (C=O) groups is 2. The van der Waals surface area contributed by atoms with E-state index in [2.05, 4.69) is 10.3 Å². The van der Waals surface area contributed by atoms with E-state index >= 15 is 0 Å². The highest BCUT2D eigenvalue weighted by molar-refractivity contribution is 6.00. The van der Waals surface area contributed by atoms with Crippen molar-refractivity contribution >= 4 is 28.6 Å². The summed E-state index contributed by atoms with van der Waals surface area (Å²) in [7, 11) is 0. The van der Waals surface area contributed by atoms with Crippen molar-refractivity contribution < 1.29 is 14.7 Å². The van der Waals surface area contributed by atoms with Crippen molar-refractivity contribution in [1.29, 1.82) is 0 Å². The summed E-state index contributed by atoms with van der Waals surface area (Å²) in [6, 6.07) is 8.90. The Labute approximate surface area is 115 Å². The average Bonchev–Trinajstić information content (AvgIpc) is 2.37. The van der Waals surface area contributed by atoms with Crippen molar-refractivity contribution in [2.75, 3.05) is 18.4 Å². The van der Waals surface area contributed by atoms with Crippen LogP contribution in [0.4, 0.5) is 10.5 Å². The first-order chi connectivity index (χ1) is 9.65. The van der Waals surface area contributed by atoms with Crippen LogP contribution >= 0.6 is 0 Å². The number of carboxylic acids is 1. The maximum Gasteiger partial charge on any atom is 0.321 e. The number of anilines is 1. The maximum absolute atomic E-state index is 12.0. The number of benzene rings is 1. The van der Waals surface area contributed by atoms with Gasteiger partial charge in [-0.25, -0.2) is 4.79 Å². The average molecular weight is 271 g/mol. The van der Waals surface area contributed by atoms with E-state index in [0.717, 1.165) is 10.9 Å². The number of nitrogens with one attached hydrogen (secondary N) is 1. The fourth-order valence-corrected chi connectivity index (χ4v) is 2.21. The molecule has 6 nitrogen and oxygen atoms in total. The number of nitrogens with zero attached hydrogens (tertiary/aromatic N) is 2. The lowest BCUT2D eigenvalue weighted by molar-refractivity contribution is -0.145. The van der Waals surface area contributed by atoms with E-state index in [1.807, 2.05) is 24.3 Å². The van der Waals surface area contributed by atoms with Crippen LogP contribution in [0.15, 0.2) is 36.5 Å². The molecule has 1 fully saturated rings. The molecule has 2 N–H and O–H groups in total. The molecule has 0 unspecified atom stereocenters. The number of amides is 2. The third-order valence-corrected chi connectivity index (χ3v) is 3.41. The molecule has 0 aliphatic carbocycles. The zero-order chi connectivity index (χ0) is 14.1. The molecule has 0 atom stereocenters. The van der Waals surface area contributed by atoms with Crippen molar-refractivity contribution in [1.82, 2.24) is 9.88 Å². The SMILES string of the molecule is O=C(O)C1CN(C(=O)Nc2cccc3ncccc23)C1. The fraction of sp³-hybridized carbons (Fsp3) is 0.214. The molecule has 2 aromatic rings. The van der Waals surface area contributed by atoms with Gasteiger partial charge in [-0.1, -0.05) is 6.07 Å². The van der Waals surface area contributed by atoms with Gasteiger partial charge in [0.05, 0.1) is 17.1 Å². The van der Waals surface area contributed by atoms with E-state index in [4.69, 9.17) is 5.11 Å². The molecule has 2 heterocycles. The normalized spacial score (nSPS) is 14.9. The first-order valence-corrected chi connectivity index (χ1v) is 6.27. The molecule has 2 amide bonds. The third kappa shape index (κ3) is 2.16. The molecular formula is C14H13N3O3. The zero-order valence-corrected chi connectivity index (χ0v) is 10.6. The zero-order valence-electron chi connectivity index (χ0n) is 10.6. The van der Waals surface area contributed by atoms with E-state index in [-0.39, 0.29) is 19.1 Å². The van der Waals surface area contributed by atoms with Gasteiger partial charge in [-0.05, 0) is 24.3 Å². The monoisotopic (exact) mass is 271 g/mol. The number of hydrogen-bond acceptors (Lipinski definition) is 3. The predicted octanol–water partition coefficient (Wildman–Crippen LogP) is 1.78. The summed E-state index contributed by atoms with van der Waals surface area (Å²) in [5.41, 5.74) is 1.48. The van der Waals surface area contributed by atoms with Crippen LogP contribution in [0, 0.1) is 5.92 Å². The van der Waals surface area contributed by atoms with Crippen molar-refractivity contribution in [2.24, 2.45) is 5.92 Å². The Morgan fingerprint density at radius 3 is 2.80 bits per heavy atom. The van der Waals surface area contributed by atoms with Crippen molar-refractivity contribution in [2.45, 2.75) is 0 Å². The van der Waals surface area contributed by atoms with Gasteiger partial charge in [-0.15, -0.1) is 0 Å². The number of aliphatic carboxylic acids is 1. The molecule has 6 heteroatoms. The van der Waals surface area contributed by atoms with Crippen molar-refractivity contribution in [3.63, 3.8) is 0 Å². The maximum atomic E-state index is 12.0. The summed E-state index contributed by atoms with van der Waals surface area (Å²) in [6.07, 6.45) is 1.70.